The zero-order valence-corrected chi connectivity index (χ0v) is 14.0. The highest BCUT2D eigenvalue weighted by atomic mass is 79.9. The minimum atomic E-state index is 0. The summed E-state index contributed by atoms with van der Waals surface area (Å²) < 4.78 is 1.07. The Labute approximate surface area is 132 Å². The van der Waals surface area contributed by atoms with Crippen LogP contribution in [-0.4, -0.2) is 11.9 Å². The fraction of sp³-hybridized carbons (Fsp3) is 0.615. The summed E-state index contributed by atoms with van der Waals surface area (Å²) in [4.78, 5) is 13.0. The number of nitrogens with two attached hydrogens (primary N) is 1. The van der Waals surface area contributed by atoms with Crippen molar-refractivity contribution in [3.05, 3.63) is 20.8 Å². The molecule has 2 rings (SSSR count). The minimum absolute atomic E-state index is 0. The summed E-state index contributed by atoms with van der Waals surface area (Å²) in [6, 6.07) is 2.21. The summed E-state index contributed by atoms with van der Waals surface area (Å²) in [6.45, 7) is 0.610. The molecule has 0 bridgehead atoms. The Kier molecular flexibility index (Phi) is 7.36. The van der Waals surface area contributed by atoms with Crippen LogP contribution >= 0.6 is 39.7 Å². The van der Waals surface area contributed by atoms with Gasteiger partial charge in [-0.3, -0.25) is 4.79 Å². The molecule has 3 N–H and O–H groups in total. The van der Waals surface area contributed by atoms with Gasteiger partial charge in [-0.25, -0.2) is 0 Å². The molecule has 2 atom stereocenters. The maximum atomic E-state index is 11.9. The van der Waals surface area contributed by atoms with E-state index in [-0.39, 0.29) is 24.4 Å². The molecule has 1 saturated carbocycles. The van der Waals surface area contributed by atoms with Crippen LogP contribution in [-0.2, 0) is 11.3 Å². The monoisotopic (exact) mass is 366 g/mol. The van der Waals surface area contributed by atoms with Gasteiger partial charge in [-0.05, 0) is 46.1 Å². The van der Waals surface area contributed by atoms with Crippen LogP contribution in [0, 0.1) is 5.92 Å². The lowest BCUT2D eigenvalue weighted by Gasteiger charge is -2.27. The quantitative estimate of drug-likeness (QED) is 0.856. The minimum Gasteiger partial charge on any atom is -0.351 e. The maximum Gasteiger partial charge on any atom is 0.220 e. The average molecular weight is 368 g/mol. The SMILES string of the molecule is Cl.NC1CCCCC1CC(=O)NCc1sccc1Br. The molecule has 1 amide bonds. The summed E-state index contributed by atoms with van der Waals surface area (Å²) >= 11 is 5.12. The lowest BCUT2D eigenvalue weighted by atomic mass is 9.83. The van der Waals surface area contributed by atoms with Crippen LogP contribution in [0.4, 0.5) is 0 Å². The number of nitrogens with one attached hydrogen (secondary N) is 1. The van der Waals surface area contributed by atoms with Gasteiger partial charge in [0.05, 0.1) is 6.54 Å². The first-order chi connectivity index (χ1) is 8.66. The lowest BCUT2D eigenvalue weighted by Crippen LogP contribution is -2.36. The van der Waals surface area contributed by atoms with Gasteiger partial charge in [0.15, 0.2) is 0 Å². The number of rotatable bonds is 4. The van der Waals surface area contributed by atoms with E-state index in [0.29, 0.717) is 18.9 Å². The van der Waals surface area contributed by atoms with Crippen molar-refractivity contribution in [2.24, 2.45) is 11.7 Å². The Morgan fingerprint density at radius 2 is 2.21 bits per heavy atom. The van der Waals surface area contributed by atoms with Crippen molar-refractivity contribution in [3.63, 3.8) is 0 Å². The zero-order chi connectivity index (χ0) is 13.0. The number of carbonyl (C=O) groups is 1. The topological polar surface area (TPSA) is 55.1 Å². The summed E-state index contributed by atoms with van der Waals surface area (Å²) in [5.74, 6) is 0.489. The summed E-state index contributed by atoms with van der Waals surface area (Å²) in [5, 5.41) is 5.00. The molecular formula is C13H20BrClN2OS. The Hall–Kier alpha value is -0.100. The summed E-state index contributed by atoms with van der Waals surface area (Å²) in [6.07, 6.45) is 5.15. The highest BCUT2D eigenvalue weighted by Gasteiger charge is 2.23. The fourth-order valence-corrected chi connectivity index (χ4v) is 3.86. The molecule has 2 unspecified atom stereocenters. The number of hydrogen-bond acceptors (Lipinski definition) is 3. The van der Waals surface area contributed by atoms with Crippen LogP contribution in [0.15, 0.2) is 15.9 Å². The molecule has 1 heterocycles. The van der Waals surface area contributed by atoms with Crippen LogP contribution in [0.2, 0.25) is 0 Å². The number of amides is 1. The number of hydrogen-bond donors (Lipinski definition) is 2. The van der Waals surface area contributed by atoms with Gasteiger partial charge in [0.25, 0.3) is 0 Å². The molecule has 1 aliphatic carbocycles. The van der Waals surface area contributed by atoms with Crippen LogP contribution in [0.3, 0.4) is 0 Å². The second-order valence-electron chi connectivity index (χ2n) is 4.88. The van der Waals surface area contributed by atoms with Crippen molar-refractivity contribution in [1.29, 1.82) is 0 Å². The van der Waals surface area contributed by atoms with Crippen molar-refractivity contribution >= 4 is 45.6 Å². The normalized spacial score (nSPS) is 22.6. The highest BCUT2D eigenvalue weighted by molar-refractivity contribution is 9.10. The molecule has 1 aliphatic rings. The smallest absolute Gasteiger partial charge is 0.220 e. The molecule has 3 nitrogen and oxygen atoms in total. The Bertz CT molecular complexity index is 413. The van der Waals surface area contributed by atoms with Crippen molar-refractivity contribution in [2.75, 3.05) is 0 Å². The van der Waals surface area contributed by atoms with E-state index in [0.717, 1.165) is 22.2 Å². The molecule has 0 radical (unpaired) electrons. The number of halogens is 2. The number of carbonyl (C=O) groups excluding carboxylic acids is 1. The summed E-state index contributed by atoms with van der Waals surface area (Å²) in [7, 11) is 0. The van der Waals surface area contributed by atoms with E-state index >= 15 is 0 Å². The molecule has 6 heteroatoms. The maximum absolute atomic E-state index is 11.9. The van der Waals surface area contributed by atoms with E-state index in [9.17, 15) is 4.79 Å². The van der Waals surface area contributed by atoms with E-state index in [1.54, 1.807) is 11.3 Å². The standard InChI is InChI=1S/C13H19BrN2OS.ClH/c14-10-5-6-18-12(10)8-16-13(17)7-9-3-1-2-4-11(9)15;/h5-6,9,11H,1-4,7-8,15H2,(H,16,17);1H. The Morgan fingerprint density at radius 3 is 2.84 bits per heavy atom. The van der Waals surface area contributed by atoms with Gasteiger partial charge in [-0.15, -0.1) is 23.7 Å². The molecule has 0 spiro atoms. The molecule has 0 aliphatic heterocycles. The second kappa shape index (κ2) is 8.25. The van der Waals surface area contributed by atoms with Crippen molar-refractivity contribution in [3.8, 4) is 0 Å². The largest absolute Gasteiger partial charge is 0.351 e. The van der Waals surface area contributed by atoms with Gasteiger partial charge in [0.1, 0.15) is 0 Å². The van der Waals surface area contributed by atoms with Crippen molar-refractivity contribution < 1.29 is 4.79 Å². The van der Waals surface area contributed by atoms with Crippen LogP contribution in [0.25, 0.3) is 0 Å². The molecular weight excluding hydrogens is 348 g/mol. The van der Waals surface area contributed by atoms with Gasteiger partial charge in [-0.2, -0.15) is 0 Å². The van der Waals surface area contributed by atoms with Gasteiger partial charge < -0.3 is 11.1 Å². The molecule has 1 aromatic heterocycles. The van der Waals surface area contributed by atoms with Gasteiger partial charge in [0, 0.05) is 21.8 Å². The lowest BCUT2D eigenvalue weighted by molar-refractivity contribution is -0.122. The molecule has 19 heavy (non-hydrogen) atoms. The van der Waals surface area contributed by atoms with Crippen LogP contribution in [0.5, 0.6) is 0 Å². The van der Waals surface area contributed by atoms with E-state index in [2.05, 4.69) is 21.2 Å². The third kappa shape index (κ3) is 5.06. The molecule has 1 fully saturated rings. The molecule has 0 aromatic carbocycles. The first kappa shape index (κ1) is 17.0. The van der Waals surface area contributed by atoms with E-state index in [4.69, 9.17) is 5.73 Å². The first-order valence-electron chi connectivity index (χ1n) is 6.41. The molecule has 1 aromatic rings. The predicted octanol–water partition coefficient (Wildman–Crippen LogP) is 3.46. The fourth-order valence-electron chi connectivity index (χ4n) is 2.43. The Balaban J connectivity index is 0.00000180. The average Bonchev–Trinajstić information content (AvgIpc) is 2.75. The van der Waals surface area contributed by atoms with Gasteiger partial charge in [0.2, 0.25) is 5.91 Å². The third-order valence-corrected chi connectivity index (χ3v) is 5.48. The van der Waals surface area contributed by atoms with E-state index in [1.807, 2.05) is 11.4 Å². The zero-order valence-electron chi connectivity index (χ0n) is 10.7. The van der Waals surface area contributed by atoms with Crippen LogP contribution in [0.1, 0.15) is 37.0 Å². The highest BCUT2D eigenvalue weighted by Crippen LogP contribution is 2.26. The molecule has 108 valence electrons. The van der Waals surface area contributed by atoms with E-state index in [1.165, 1.54) is 12.8 Å². The summed E-state index contributed by atoms with van der Waals surface area (Å²) in [5.41, 5.74) is 6.06. The van der Waals surface area contributed by atoms with E-state index < -0.39 is 0 Å². The second-order valence-corrected chi connectivity index (χ2v) is 6.74. The third-order valence-electron chi connectivity index (χ3n) is 3.55. The van der Waals surface area contributed by atoms with Gasteiger partial charge >= 0.3 is 0 Å². The number of thiophene rings is 1. The molecule has 0 saturated heterocycles. The Morgan fingerprint density at radius 1 is 1.47 bits per heavy atom. The first-order valence-corrected chi connectivity index (χ1v) is 8.08. The van der Waals surface area contributed by atoms with Gasteiger partial charge in [-0.1, -0.05) is 12.8 Å². The van der Waals surface area contributed by atoms with Crippen molar-refractivity contribution in [1.82, 2.24) is 5.32 Å². The predicted molar refractivity (Wildman–Crippen MR) is 85.7 cm³/mol. The van der Waals surface area contributed by atoms with Crippen LogP contribution < -0.4 is 11.1 Å². The van der Waals surface area contributed by atoms with Crippen molar-refractivity contribution in [2.45, 2.75) is 44.7 Å².